The molecule has 394 valence electrons. The molecule has 1 fully saturated rings. The molecule has 8 bridgehead atoms. The van der Waals surface area contributed by atoms with Gasteiger partial charge in [0.15, 0.2) is 0 Å². The van der Waals surface area contributed by atoms with Gasteiger partial charge in [0.25, 0.3) is 0 Å². The van der Waals surface area contributed by atoms with E-state index in [0.29, 0.717) is 0 Å². The Morgan fingerprint density at radius 2 is 0.520 bits per heavy atom. The van der Waals surface area contributed by atoms with Gasteiger partial charge in [0.05, 0.1) is 46.6 Å². The Labute approximate surface area is 524 Å². The SMILES string of the molecule is CSC1=C(C)S/C(=C2\SC3=C4CC(=C3S2)C(C)(C)c2[nH]c(c3c2S/C(=C2\SC(C)=C(SC)S2)S3)C(C)(C)c2[nH]c(c3c2S/C(=C2/SC(C)=C(SC)S2)S3)C(C)(C)c2[nH]c(c3c2SC(=C2SC(C)=C(C)S2)S3)C4(C)C)S1. The normalized spacial score (nSPS) is 27.4. The van der Waals surface area contributed by atoms with Gasteiger partial charge in [0.2, 0.25) is 0 Å². The lowest BCUT2D eigenvalue weighted by molar-refractivity contribution is 0.526. The van der Waals surface area contributed by atoms with E-state index < -0.39 is 10.8 Å². The number of H-pyrrole nitrogens is 3. The summed E-state index contributed by atoms with van der Waals surface area (Å²) in [6, 6.07) is 0. The smallest absolute Gasteiger partial charge is 0.0708 e. The van der Waals surface area contributed by atoms with Gasteiger partial charge in [-0.25, -0.2) is 0 Å². The third-order valence-corrected chi connectivity index (χ3v) is 42.2. The summed E-state index contributed by atoms with van der Waals surface area (Å²) < 4.78 is 15.7. The minimum Gasteiger partial charge on any atom is -0.359 e. The van der Waals surface area contributed by atoms with Crippen LogP contribution in [0.4, 0.5) is 0 Å². The summed E-state index contributed by atoms with van der Waals surface area (Å²) in [5, 5.41) is 0. The summed E-state index contributed by atoms with van der Waals surface area (Å²) in [5.41, 5.74) is 9.67. The number of aromatic nitrogens is 3. The van der Waals surface area contributed by atoms with Crippen molar-refractivity contribution in [2.45, 2.75) is 147 Å². The van der Waals surface area contributed by atoms with E-state index in [4.69, 9.17) is 0 Å². The number of fused-ring (bicyclic) bond motifs is 18. The zero-order chi connectivity index (χ0) is 52.7. The highest BCUT2D eigenvalue weighted by atomic mass is 32.3. The molecule has 3 nitrogen and oxygen atoms in total. The van der Waals surface area contributed by atoms with Crippen LogP contribution in [0.5, 0.6) is 0 Å². The molecule has 0 amide bonds. The molecule has 13 rings (SSSR count). The fourth-order valence-electron chi connectivity index (χ4n) is 10.6. The molecule has 0 saturated carbocycles. The number of hydrogen-bond acceptors (Lipinski definition) is 19. The molecule has 22 heteroatoms. The molecule has 12 heterocycles. The first-order valence-electron chi connectivity index (χ1n) is 24.1. The fraction of sp³-hybridized carbons (Fsp3) is 0.396. The lowest BCUT2D eigenvalue weighted by atomic mass is 9.75. The van der Waals surface area contributed by atoms with E-state index in [9.17, 15) is 0 Å². The van der Waals surface area contributed by atoms with Crippen LogP contribution in [0.3, 0.4) is 0 Å². The fourth-order valence-corrected chi connectivity index (χ4v) is 37.4. The first-order valence-corrected chi connectivity index (χ1v) is 40.8. The molecule has 3 aromatic rings. The second-order valence-corrected chi connectivity index (χ2v) is 43.7. The summed E-state index contributed by atoms with van der Waals surface area (Å²) in [5.74, 6) is 0. The molecule has 1 saturated heterocycles. The number of thioether (sulfide) groups is 19. The molecular formula is C53H53N3S19. The first-order chi connectivity index (χ1) is 35.5. The third kappa shape index (κ3) is 8.89. The van der Waals surface area contributed by atoms with Crippen LogP contribution in [-0.2, 0) is 21.7 Å². The van der Waals surface area contributed by atoms with E-state index in [1.54, 1.807) is 11.1 Å². The highest BCUT2D eigenvalue weighted by Crippen LogP contribution is 2.73. The lowest BCUT2D eigenvalue weighted by Crippen LogP contribution is -2.28. The summed E-state index contributed by atoms with van der Waals surface area (Å²) in [7, 11) is 0. The number of nitrogens with one attached hydrogen (secondary N) is 3. The van der Waals surface area contributed by atoms with Gasteiger partial charge in [-0.15, -0.1) is 35.3 Å². The maximum absolute atomic E-state index is 4.41. The molecule has 75 heavy (non-hydrogen) atoms. The van der Waals surface area contributed by atoms with Crippen LogP contribution in [0.1, 0.15) is 131 Å². The molecule has 0 radical (unpaired) electrons. The van der Waals surface area contributed by atoms with Crippen LogP contribution in [0.15, 0.2) is 121 Å². The first kappa shape index (κ1) is 56.0. The number of allylic oxidation sites excluding steroid dienone is 7. The van der Waals surface area contributed by atoms with Crippen molar-refractivity contribution in [2.24, 2.45) is 0 Å². The van der Waals surface area contributed by atoms with Crippen LogP contribution in [0.2, 0.25) is 0 Å². The van der Waals surface area contributed by atoms with Gasteiger partial charge in [-0.3, -0.25) is 0 Å². The van der Waals surface area contributed by atoms with E-state index >= 15 is 0 Å². The van der Waals surface area contributed by atoms with E-state index in [-0.39, 0.29) is 10.8 Å². The Bertz CT molecular complexity index is 3510. The van der Waals surface area contributed by atoms with Crippen molar-refractivity contribution >= 4 is 223 Å². The Kier molecular flexibility index (Phi) is 15.2. The predicted molar refractivity (Wildman–Crippen MR) is 368 cm³/mol. The summed E-state index contributed by atoms with van der Waals surface area (Å²) in [6.45, 7) is 31.7. The van der Waals surface area contributed by atoms with Gasteiger partial charge < -0.3 is 15.0 Å². The van der Waals surface area contributed by atoms with Crippen LogP contribution in [-0.4, -0.2) is 33.7 Å². The van der Waals surface area contributed by atoms with Crippen molar-refractivity contribution in [1.82, 2.24) is 15.0 Å². The number of hydrogen-bond donors (Lipinski definition) is 3. The van der Waals surface area contributed by atoms with E-state index in [0.717, 1.165) is 6.42 Å². The molecule has 0 spiro atoms. The van der Waals surface area contributed by atoms with E-state index in [1.807, 2.05) is 200 Å². The molecule has 0 aromatic carbocycles. The second-order valence-electron chi connectivity index (χ2n) is 21.1. The Hall–Kier alpha value is 1.89. The maximum Gasteiger partial charge on any atom is 0.0708 e. The van der Waals surface area contributed by atoms with Gasteiger partial charge in [0, 0.05) is 110 Å². The number of rotatable bonds is 3. The largest absolute Gasteiger partial charge is 0.359 e. The maximum atomic E-state index is 4.41. The molecule has 10 aliphatic rings. The van der Waals surface area contributed by atoms with Gasteiger partial charge >= 0.3 is 0 Å². The van der Waals surface area contributed by atoms with Crippen LogP contribution in [0, 0.1) is 0 Å². The van der Waals surface area contributed by atoms with Crippen molar-refractivity contribution in [3.8, 4) is 0 Å². The highest BCUT2D eigenvalue weighted by Gasteiger charge is 2.52. The highest BCUT2D eigenvalue weighted by molar-refractivity contribution is 8.40. The van der Waals surface area contributed by atoms with Gasteiger partial charge in [0.1, 0.15) is 0 Å². The molecule has 9 aliphatic heterocycles. The molecule has 1 aliphatic carbocycles. The molecule has 0 unspecified atom stereocenters. The Morgan fingerprint density at radius 3 is 0.787 bits per heavy atom. The molecular weight excluding hydrogens is 1290 g/mol. The summed E-state index contributed by atoms with van der Waals surface area (Å²) in [4.78, 5) is 31.7. The average molecular weight is 1340 g/mol. The minimum atomic E-state index is -0.403. The van der Waals surface area contributed by atoms with Crippen molar-refractivity contribution in [1.29, 1.82) is 0 Å². The van der Waals surface area contributed by atoms with E-state index in [2.05, 4.69) is 147 Å². The monoisotopic (exact) mass is 1340 g/mol. The van der Waals surface area contributed by atoms with Crippen molar-refractivity contribution in [3.63, 3.8) is 0 Å². The minimum absolute atomic E-state index is 0.310. The van der Waals surface area contributed by atoms with Crippen LogP contribution < -0.4 is 0 Å². The predicted octanol–water partition coefficient (Wildman–Crippen LogP) is 24.2. The average Bonchev–Trinajstić information content (AvgIpc) is 4.18. The zero-order valence-corrected chi connectivity index (χ0v) is 59.5. The van der Waals surface area contributed by atoms with Crippen LogP contribution >= 0.6 is 223 Å². The van der Waals surface area contributed by atoms with Crippen LogP contribution in [0.25, 0.3) is 0 Å². The Morgan fingerprint density at radius 1 is 0.293 bits per heavy atom. The third-order valence-electron chi connectivity index (χ3n) is 15.0. The summed E-state index contributed by atoms with van der Waals surface area (Å²) in [6.07, 6.45) is 7.62. The quantitative estimate of drug-likeness (QED) is 0.233. The molecule has 3 aromatic heterocycles. The summed E-state index contributed by atoms with van der Waals surface area (Å²) >= 11 is 37.7. The molecule has 3 N–H and O–H groups in total. The van der Waals surface area contributed by atoms with Gasteiger partial charge in [-0.05, 0) is 108 Å². The standard InChI is InChI=1S/C53H53N3S19/c1-18-19(2)61-42(60-18)46-67-27-29(69-46)35-52(10,11)37-31-32(72-49(71-31)45-64-22(5)41(59-16)75-45)38(56-37)53(12,13)36-30-28(68-48(70-30)44-63-21(4)40(58-15)74-44)34(55-36)51(8,9)24-17-23(50(6,7)33(27)54-35)25-26(24)66-47(65-25)43-62-20(3)39(57-14)73-43/h54-56H,17H2,1-16H3/b47-43-,48-44-,49-45-. The zero-order valence-electron chi connectivity index (χ0n) is 44.0. The van der Waals surface area contributed by atoms with E-state index in [1.165, 1.54) is 144 Å². The number of aromatic amines is 3. The second kappa shape index (κ2) is 20.3. The van der Waals surface area contributed by atoms with Crippen molar-refractivity contribution in [2.75, 3.05) is 18.8 Å². The lowest BCUT2D eigenvalue weighted by Gasteiger charge is -2.33. The van der Waals surface area contributed by atoms with Crippen molar-refractivity contribution < 1.29 is 0 Å². The Balaban J connectivity index is 1.06. The van der Waals surface area contributed by atoms with Gasteiger partial charge in [-0.1, -0.05) is 216 Å². The van der Waals surface area contributed by atoms with Gasteiger partial charge in [-0.2, -0.15) is 0 Å². The topological polar surface area (TPSA) is 47.4 Å². The van der Waals surface area contributed by atoms with Crippen molar-refractivity contribution in [3.05, 3.63) is 126 Å². The molecule has 0 atom stereocenters.